The Bertz CT molecular complexity index is 1290. The standard InChI is InChI=1S/C17H9ClFN5O3S2/c18-9-1-3-12(4-2-9)23-7-11(21-22-23)8-28-17-20-16(25)13-5-10(19)6-14(24(26)27)15(13)29-17/h1-7H,8H2. The van der Waals surface area contributed by atoms with E-state index in [4.69, 9.17) is 11.6 Å². The van der Waals surface area contributed by atoms with Gasteiger partial charge in [-0.1, -0.05) is 28.6 Å². The molecule has 0 radical (unpaired) electrons. The van der Waals surface area contributed by atoms with Gasteiger partial charge in [0.1, 0.15) is 10.5 Å². The maximum Gasteiger partial charge on any atom is 0.290 e. The molecule has 0 saturated heterocycles. The Kier molecular flexibility index (Phi) is 5.26. The molecule has 0 unspecified atom stereocenters. The summed E-state index contributed by atoms with van der Waals surface area (Å²) in [6.45, 7) is 0. The summed E-state index contributed by atoms with van der Waals surface area (Å²) in [4.78, 5) is 26.6. The molecule has 0 N–H and O–H groups in total. The van der Waals surface area contributed by atoms with E-state index in [0.29, 0.717) is 20.8 Å². The van der Waals surface area contributed by atoms with E-state index in [1.165, 1.54) is 11.8 Å². The van der Waals surface area contributed by atoms with Crippen molar-refractivity contribution < 1.29 is 9.31 Å². The Morgan fingerprint density at radius 1 is 1.28 bits per heavy atom. The minimum atomic E-state index is -0.852. The zero-order valence-electron chi connectivity index (χ0n) is 14.3. The summed E-state index contributed by atoms with van der Waals surface area (Å²) >= 11 is 8.03. The van der Waals surface area contributed by atoms with Gasteiger partial charge in [0.05, 0.1) is 34.0 Å². The van der Waals surface area contributed by atoms with E-state index in [0.717, 1.165) is 29.2 Å². The van der Waals surface area contributed by atoms with Crippen LogP contribution in [0.25, 0.3) is 15.8 Å². The Labute approximate surface area is 175 Å². The van der Waals surface area contributed by atoms with Gasteiger partial charge in [-0.05, 0) is 30.3 Å². The minimum Gasteiger partial charge on any atom is -0.267 e. The van der Waals surface area contributed by atoms with E-state index in [-0.39, 0.29) is 10.1 Å². The number of rotatable bonds is 5. The average molecular weight is 450 g/mol. The second-order valence-electron chi connectivity index (χ2n) is 5.76. The van der Waals surface area contributed by atoms with Crippen LogP contribution >= 0.6 is 34.7 Å². The van der Waals surface area contributed by atoms with Crippen LogP contribution in [-0.4, -0.2) is 24.9 Å². The van der Waals surface area contributed by atoms with Gasteiger partial charge in [0, 0.05) is 10.8 Å². The summed E-state index contributed by atoms with van der Waals surface area (Å²) in [5, 5.41) is 19.8. The number of nitro groups is 1. The lowest BCUT2D eigenvalue weighted by Crippen LogP contribution is -2.07. The Hall–Kier alpha value is -2.89. The van der Waals surface area contributed by atoms with Gasteiger partial charge in [-0.3, -0.25) is 14.9 Å². The molecule has 0 bridgehead atoms. The molecule has 29 heavy (non-hydrogen) atoms. The Morgan fingerprint density at radius 3 is 2.76 bits per heavy atom. The van der Waals surface area contributed by atoms with E-state index in [2.05, 4.69) is 15.3 Å². The maximum atomic E-state index is 13.6. The van der Waals surface area contributed by atoms with Crippen LogP contribution in [0.4, 0.5) is 10.1 Å². The molecular formula is C17H9ClFN5O3S2. The number of fused-ring (bicyclic) bond motifs is 1. The van der Waals surface area contributed by atoms with Crippen LogP contribution in [0.5, 0.6) is 0 Å². The number of nitrogens with zero attached hydrogens (tertiary/aromatic N) is 5. The smallest absolute Gasteiger partial charge is 0.267 e. The van der Waals surface area contributed by atoms with Crippen molar-refractivity contribution >= 4 is 50.5 Å². The highest BCUT2D eigenvalue weighted by atomic mass is 35.5. The van der Waals surface area contributed by atoms with Crippen molar-refractivity contribution in [3.05, 3.63) is 79.6 Å². The molecule has 0 spiro atoms. The van der Waals surface area contributed by atoms with Crippen LogP contribution in [-0.2, 0) is 5.75 Å². The summed E-state index contributed by atoms with van der Waals surface area (Å²) in [7, 11) is 0. The third-order valence-corrected chi connectivity index (χ3v) is 6.35. The minimum absolute atomic E-state index is 0.0868. The van der Waals surface area contributed by atoms with Gasteiger partial charge in [0.2, 0.25) is 0 Å². The Morgan fingerprint density at radius 2 is 2.03 bits per heavy atom. The lowest BCUT2D eigenvalue weighted by Gasteiger charge is -2.02. The highest BCUT2D eigenvalue weighted by Gasteiger charge is 2.19. The van der Waals surface area contributed by atoms with E-state index in [9.17, 15) is 19.3 Å². The molecule has 0 amide bonds. The van der Waals surface area contributed by atoms with Crippen LogP contribution in [0, 0.1) is 15.9 Å². The van der Waals surface area contributed by atoms with Crippen molar-refractivity contribution in [3.8, 4) is 5.69 Å². The summed E-state index contributed by atoms with van der Waals surface area (Å²) in [5.74, 6) is -0.508. The van der Waals surface area contributed by atoms with Gasteiger partial charge in [0.25, 0.3) is 11.2 Å². The monoisotopic (exact) mass is 449 g/mol. The summed E-state index contributed by atoms with van der Waals surface area (Å²) in [5.41, 5.74) is 0.234. The van der Waals surface area contributed by atoms with E-state index in [1.807, 2.05) is 0 Å². The number of hydrogen-bond donors (Lipinski definition) is 0. The van der Waals surface area contributed by atoms with Crippen LogP contribution in [0.2, 0.25) is 5.02 Å². The van der Waals surface area contributed by atoms with Gasteiger partial charge in [-0.25, -0.2) is 9.07 Å². The largest absolute Gasteiger partial charge is 0.290 e. The fourth-order valence-corrected chi connectivity index (χ4v) is 4.65. The quantitative estimate of drug-likeness (QED) is 0.255. The number of aromatic nitrogens is 4. The van der Waals surface area contributed by atoms with Crippen LogP contribution < -0.4 is 5.56 Å². The fraction of sp³-hybridized carbons (Fsp3) is 0.0588. The van der Waals surface area contributed by atoms with E-state index in [1.54, 1.807) is 35.1 Å². The first-order chi connectivity index (χ1) is 13.9. The second kappa shape index (κ2) is 7.85. The first-order valence-corrected chi connectivity index (χ1v) is 10.2. The number of nitro benzene ring substituents is 1. The van der Waals surface area contributed by atoms with Crippen LogP contribution in [0.1, 0.15) is 5.69 Å². The molecule has 146 valence electrons. The van der Waals surface area contributed by atoms with Gasteiger partial charge < -0.3 is 0 Å². The maximum absolute atomic E-state index is 13.6. The number of benzene rings is 2. The number of thioether (sulfide) groups is 1. The number of hydrogen-bond acceptors (Lipinski definition) is 8. The molecular weight excluding hydrogens is 441 g/mol. The van der Waals surface area contributed by atoms with Crippen molar-refractivity contribution in [2.75, 3.05) is 0 Å². The highest BCUT2D eigenvalue weighted by Crippen LogP contribution is 2.33. The highest BCUT2D eigenvalue weighted by molar-refractivity contribution is 8.00. The molecule has 4 aromatic rings. The summed E-state index contributed by atoms with van der Waals surface area (Å²) in [6.07, 6.45) is 1.72. The molecule has 0 fully saturated rings. The Balaban J connectivity index is 1.60. The molecule has 2 heterocycles. The lowest BCUT2D eigenvalue weighted by atomic mass is 10.2. The number of non-ortho nitro benzene ring substituents is 1. The summed E-state index contributed by atoms with van der Waals surface area (Å²) in [6, 6.07) is 8.81. The molecule has 4 rings (SSSR count). The van der Waals surface area contributed by atoms with E-state index >= 15 is 0 Å². The topological polar surface area (TPSA) is 104 Å². The average Bonchev–Trinajstić information content (AvgIpc) is 3.16. The zero-order chi connectivity index (χ0) is 20.5. The molecule has 2 aromatic heterocycles. The fourth-order valence-electron chi connectivity index (χ4n) is 2.52. The van der Waals surface area contributed by atoms with Crippen molar-refractivity contribution in [2.24, 2.45) is 0 Å². The van der Waals surface area contributed by atoms with Gasteiger partial charge in [0.15, 0.2) is 4.34 Å². The second-order valence-corrected chi connectivity index (χ2v) is 8.42. The van der Waals surface area contributed by atoms with Gasteiger partial charge in [-0.15, -0.1) is 16.4 Å². The van der Waals surface area contributed by atoms with Crippen molar-refractivity contribution in [3.63, 3.8) is 0 Å². The molecule has 0 aliphatic carbocycles. The van der Waals surface area contributed by atoms with Crippen molar-refractivity contribution in [1.29, 1.82) is 0 Å². The first-order valence-electron chi connectivity index (χ1n) is 7.99. The molecule has 12 heteroatoms. The summed E-state index contributed by atoms with van der Waals surface area (Å²) < 4.78 is 15.6. The van der Waals surface area contributed by atoms with Crippen LogP contribution in [0.3, 0.4) is 0 Å². The zero-order valence-corrected chi connectivity index (χ0v) is 16.7. The van der Waals surface area contributed by atoms with E-state index < -0.39 is 22.0 Å². The van der Waals surface area contributed by atoms with Gasteiger partial charge in [-0.2, -0.15) is 4.98 Å². The predicted octanol–water partition coefficient (Wildman–Crippen LogP) is 4.23. The van der Waals surface area contributed by atoms with Crippen molar-refractivity contribution in [2.45, 2.75) is 10.1 Å². The molecule has 2 aromatic carbocycles. The first kappa shape index (κ1) is 19.4. The SMILES string of the molecule is O=c1nc(SCc2cn(-c3ccc(Cl)cc3)nn2)sc2c([N+](=O)[O-])cc(F)cc12. The molecule has 8 nitrogen and oxygen atoms in total. The lowest BCUT2D eigenvalue weighted by molar-refractivity contribution is -0.383. The van der Waals surface area contributed by atoms with Gasteiger partial charge >= 0.3 is 0 Å². The third kappa shape index (κ3) is 4.11. The molecule has 0 aliphatic rings. The third-order valence-electron chi connectivity index (χ3n) is 3.82. The molecule has 0 saturated carbocycles. The number of halogens is 2. The van der Waals surface area contributed by atoms with Crippen LogP contribution in [0.15, 0.2) is 51.7 Å². The predicted molar refractivity (Wildman–Crippen MR) is 108 cm³/mol. The normalized spacial score (nSPS) is 11.1. The molecule has 0 atom stereocenters. The molecule has 0 aliphatic heterocycles. The van der Waals surface area contributed by atoms with Crippen molar-refractivity contribution in [1.82, 2.24) is 20.0 Å².